The highest BCUT2D eigenvalue weighted by Gasteiger charge is 2.06. The Morgan fingerprint density at radius 1 is 0.750 bits per heavy atom. The van der Waals surface area contributed by atoms with E-state index in [0.29, 0.717) is 8.95 Å². The van der Waals surface area contributed by atoms with E-state index in [4.69, 9.17) is 0 Å². The van der Waals surface area contributed by atoms with Crippen LogP contribution in [0.3, 0.4) is 0 Å². The topological polar surface area (TPSA) is 40.5 Å². The maximum atomic E-state index is 9.67. The molecular weight excluding hydrogens is 452 g/mol. The third-order valence-electron chi connectivity index (χ3n) is 3.02. The first-order chi connectivity index (χ1) is 9.47. The third kappa shape index (κ3) is 3.99. The monoisotopic (exact) mass is 462 g/mol. The van der Waals surface area contributed by atoms with Gasteiger partial charge in [0.2, 0.25) is 0 Å². The van der Waals surface area contributed by atoms with Crippen LogP contribution in [0.1, 0.15) is 17.5 Å². The lowest BCUT2D eigenvalue weighted by Gasteiger charge is -2.07. The molecule has 2 aromatic rings. The van der Waals surface area contributed by atoms with Crippen LogP contribution >= 0.6 is 47.8 Å². The van der Waals surface area contributed by atoms with Crippen LogP contribution in [-0.4, -0.2) is 10.2 Å². The Balaban J connectivity index is 1.97. The van der Waals surface area contributed by atoms with Gasteiger partial charge in [-0.05, 0) is 102 Å². The lowest BCUT2D eigenvalue weighted by atomic mass is 10.0. The SMILES string of the molecule is Oc1ccc(CCCc2cc(Br)c(O)c(Br)c2)cc1Br. The minimum Gasteiger partial charge on any atom is -0.507 e. The second kappa shape index (κ2) is 6.96. The summed E-state index contributed by atoms with van der Waals surface area (Å²) in [5.41, 5.74) is 2.35. The Hall–Kier alpha value is -0.520. The minimum atomic E-state index is 0.233. The summed E-state index contributed by atoms with van der Waals surface area (Å²) >= 11 is 9.99. The van der Waals surface area contributed by atoms with Crippen molar-refractivity contribution in [2.75, 3.05) is 0 Å². The molecule has 0 bridgehead atoms. The van der Waals surface area contributed by atoms with Gasteiger partial charge in [-0.3, -0.25) is 0 Å². The van der Waals surface area contributed by atoms with Crippen molar-refractivity contribution >= 4 is 47.8 Å². The maximum absolute atomic E-state index is 9.67. The molecule has 0 aliphatic rings. The summed E-state index contributed by atoms with van der Waals surface area (Å²) in [6.07, 6.45) is 2.87. The largest absolute Gasteiger partial charge is 0.507 e. The van der Waals surface area contributed by atoms with Crippen molar-refractivity contribution in [1.29, 1.82) is 0 Å². The molecule has 0 unspecified atom stereocenters. The van der Waals surface area contributed by atoms with Crippen LogP contribution in [0, 0.1) is 0 Å². The molecule has 0 heterocycles. The number of phenols is 2. The van der Waals surface area contributed by atoms with E-state index >= 15 is 0 Å². The fourth-order valence-corrected chi connectivity index (χ4v) is 3.67. The zero-order valence-electron chi connectivity index (χ0n) is 10.5. The summed E-state index contributed by atoms with van der Waals surface area (Å²) in [6.45, 7) is 0. The Morgan fingerprint density at radius 2 is 1.30 bits per heavy atom. The molecule has 2 aromatic carbocycles. The number of phenolic OH excluding ortho intramolecular Hbond substituents is 2. The van der Waals surface area contributed by atoms with Gasteiger partial charge in [-0.15, -0.1) is 0 Å². The molecule has 0 aromatic heterocycles. The van der Waals surface area contributed by atoms with E-state index in [9.17, 15) is 10.2 Å². The Labute approximate surface area is 143 Å². The van der Waals surface area contributed by atoms with Crippen molar-refractivity contribution in [2.45, 2.75) is 19.3 Å². The Kier molecular flexibility index (Phi) is 5.52. The van der Waals surface area contributed by atoms with Crippen LogP contribution in [0.25, 0.3) is 0 Å². The van der Waals surface area contributed by atoms with Crippen molar-refractivity contribution < 1.29 is 10.2 Å². The van der Waals surface area contributed by atoms with Gasteiger partial charge >= 0.3 is 0 Å². The first kappa shape index (κ1) is 15.9. The van der Waals surface area contributed by atoms with Gasteiger partial charge in [-0.1, -0.05) is 6.07 Å². The van der Waals surface area contributed by atoms with Gasteiger partial charge in [0.05, 0.1) is 13.4 Å². The summed E-state index contributed by atoms with van der Waals surface area (Å²) < 4.78 is 2.13. The Morgan fingerprint density at radius 3 is 1.90 bits per heavy atom. The third-order valence-corrected chi connectivity index (χ3v) is 4.86. The number of aryl methyl sites for hydroxylation is 2. The molecule has 106 valence electrons. The quantitative estimate of drug-likeness (QED) is 0.621. The molecule has 0 spiro atoms. The van der Waals surface area contributed by atoms with Gasteiger partial charge in [0, 0.05) is 0 Å². The van der Waals surface area contributed by atoms with Gasteiger partial charge in [0.25, 0.3) is 0 Å². The lowest BCUT2D eigenvalue weighted by Crippen LogP contribution is -1.91. The van der Waals surface area contributed by atoms with Gasteiger partial charge in [0.1, 0.15) is 11.5 Å². The van der Waals surface area contributed by atoms with Gasteiger partial charge in [-0.25, -0.2) is 0 Å². The van der Waals surface area contributed by atoms with Crippen molar-refractivity contribution in [3.8, 4) is 11.5 Å². The van der Waals surface area contributed by atoms with E-state index in [1.54, 1.807) is 6.07 Å². The molecule has 0 radical (unpaired) electrons. The lowest BCUT2D eigenvalue weighted by molar-refractivity contribution is 0.468. The highest BCUT2D eigenvalue weighted by Crippen LogP contribution is 2.33. The molecule has 20 heavy (non-hydrogen) atoms. The molecule has 2 nitrogen and oxygen atoms in total. The van der Waals surface area contributed by atoms with E-state index in [1.165, 1.54) is 11.1 Å². The first-order valence-corrected chi connectivity index (χ1v) is 8.49. The summed E-state index contributed by atoms with van der Waals surface area (Å²) in [5.74, 6) is 0.497. The summed E-state index contributed by atoms with van der Waals surface area (Å²) in [7, 11) is 0. The smallest absolute Gasteiger partial charge is 0.143 e. The average molecular weight is 465 g/mol. The molecule has 0 saturated heterocycles. The number of hydrogen-bond donors (Lipinski definition) is 2. The number of aromatic hydroxyl groups is 2. The minimum absolute atomic E-state index is 0.233. The van der Waals surface area contributed by atoms with Crippen molar-refractivity contribution in [3.05, 3.63) is 54.9 Å². The zero-order chi connectivity index (χ0) is 14.7. The molecule has 0 aliphatic carbocycles. The fourth-order valence-electron chi connectivity index (χ4n) is 1.96. The highest BCUT2D eigenvalue weighted by atomic mass is 79.9. The highest BCUT2D eigenvalue weighted by molar-refractivity contribution is 9.11. The normalized spacial score (nSPS) is 10.8. The predicted octanol–water partition coefficient (Wildman–Crippen LogP) is 5.56. The predicted molar refractivity (Wildman–Crippen MR) is 91.3 cm³/mol. The molecule has 0 amide bonds. The molecule has 0 aliphatic heterocycles. The van der Waals surface area contributed by atoms with Crippen molar-refractivity contribution in [3.63, 3.8) is 0 Å². The molecular formula is C15H13Br3O2. The van der Waals surface area contributed by atoms with Crippen LogP contribution < -0.4 is 0 Å². The molecule has 5 heteroatoms. The fraction of sp³-hybridized carbons (Fsp3) is 0.200. The second-order valence-corrected chi connectivity index (χ2v) is 7.11. The van der Waals surface area contributed by atoms with Crippen LogP contribution in [-0.2, 0) is 12.8 Å². The summed E-state index contributed by atoms with van der Waals surface area (Å²) in [6, 6.07) is 9.45. The van der Waals surface area contributed by atoms with Crippen LogP contribution in [0.2, 0.25) is 0 Å². The van der Waals surface area contributed by atoms with E-state index in [-0.39, 0.29) is 11.5 Å². The van der Waals surface area contributed by atoms with Crippen molar-refractivity contribution in [1.82, 2.24) is 0 Å². The van der Waals surface area contributed by atoms with E-state index < -0.39 is 0 Å². The first-order valence-electron chi connectivity index (χ1n) is 6.11. The summed E-state index contributed by atoms with van der Waals surface area (Å²) in [4.78, 5) is 0. The number of benzene rings is 2. The molecule has 0 atom stereocenters. The molecule has 2 rings (SSSR count). The van der Waals surface area contributed by atoms with Crippen LogP contribution in [0.5, 0.6) is 11.5 Å². The van der Waals surface area contributed by atoms with E-state index in [1.807, 2.05) is 24.3 Å². The maximum Gasteiger partial charge on any atom is 0.143 e. The zero-order valence-corrected chi connectivity index (χ0v) is 15.3. The molecule has 2 N–H and O–H groups in total. The molecule has 0 fully saturated rings. The number of halogens is 3. The van der Waals surface area contributed by atoms with Crippen molar-refractivity contribution in [2.24, 2.45) is 0 Å². The van der Waals surface area contributed by atoms with E-state index in [0.717, 1.165) is 23.7 Å². The van der Waals surface area contributed by atoms with E-state index in [2.05, 4.69) is 47.8 Å². The standard InChI is InChI=1S/C15H13Br3O2/c16-11-6-9(4-5-14(11)19)2-1-3-10-7-12(17)15(20)13(18)8-10/h4-8,19-20H,1-3H2. The summed E-state index contributed by atoms with van der Waals surface area (Å²) in [5, 5.41) is 19.1. The Bertz CT molecular complexity index is 604. The van der Waals surface area contributed by atoms with Gasteiger partial charge in [0.15, 0.2) is 0 Å². The van der Waals surface area contributed by atoms with Gasteiger partial charge < -0.3 is 10.2 Å². The van der Waals surface area contributed by atoms with Crippen LogP contribution in [0.15, 0.2) is 43.7 Å². The number of hydrogen-bond acceptors (Lipinski definition) is 2. The average Bonchev–Trinajstić information content (AvgIpc) is 2.40. The van der Waals surface area contributed by atoms with Gasteiger partial charge in [-0.2, -0.15) is 0 Å². The van der Waals surface area contributed by atoms with Crippen LogP contribution in [0.4, 0.5) is 0 Å². The second-order valence-electron chi connectivity index (χ2n) is 4.55. The number of rotatable bonds is 4. The molecule has 0 saturated carbocycles.